The summed E-state index contributed by atoms with van der Waals surface area (Å²) in [4.78, 5) is 23.3. The van der Waals surface area contributed by atoms with Gasteiger partial charge in [0.25, 0.3) is 0 Å². The number of nitrogens with zero attached hydrogens (tertiary/aromatic N) is 1. The number of allylic oxidation sites excluding steroid dienone is 3. The number of hydrogen-bond acceptors (Lipinski definition) is 5. The predicted octanol–water partition coefficient (Wildman–Crippen LogP) is 21.5. The number of aliphatic hydroxyl groups excluding tert-OH is 1. The van der Waals surface area contributed by atoms with Crippen LogP contribution in [0.2, 0.25) is 0 Å². The number of quaternary nitrogens is 1. The monoisotopic (exact) mass is 1110 g/mol. The highest BCUT2D eigenvalue weighted by atomic mass is 31.2. The second-order valence-electron chi connectivity index (χ2n) is 24.9. The molecule has 9 heteroatoms. The molecule has 0 aliphatic carbocycles. The van der Waals surface area contributed by atoms with Gasteiger partial charge in [-0.25, -0.2) is 4.57 Å². The molecule has 0 aromatic rings. The van der Waals surface area contributed by atoms with E-state index in [1.807, 2.05) is 27.2 Å². The first-order chi connectivity index (χ1) is 37.5. The van der Waals surface area contributed by atoms with E-state index in [0.29, 0.717) is 17.4 Å². The van der Waals surface area contributed by atoms with Gasteiger partial charge in [0.15, 0.2) is 0 Å². The predicted molar refractivity (Wildman–Crippen MR) is 337 cm³/mol. The lowest BCUT2D eigenvalue weighted by Gasteiger charge is -2.25. The Morgan fingerprint density at radius 2 is 0.701 bits per heavy atom. The molecule has 3 N–H and O–H groups in total. The maximum absolute atomic E-state index is 13.0. The summed E-state index contributed by atoms with van der Waals surface area (Å²) >= 11 is 0. The van der Waals surface area contributed by atoms with Crippen molar-refractivity contribution in [3.8, 4) is 0 Å². The fourth-order valence-electron chi connectivity index (χ4n) is 10.6. The molecule has 1 amide bonds. The van der Waals surface area contributed by atoms with Crippen molar-refractivity contribution in [2.45, 2.75) is 366 Å². The second kappa shape index (κ2) is 59.6. The number of unbranched alkanes of at least 4 members (excludes halogenated alkanes) is 49. The van der Waals surface area contributed by atoms with Crippen molar-refractivity contribution in [1.82, 2.24) is 5.32 Å². The Morgan fingerprint density at radius 3 is 1.00 bits per heavy atom. The Bertz CT molecular complexity index is 1300. The van der Waals surface area contributed by atoms with Crippen molar-refractivity contribution in [1.29, 1.82) is 0 Å². The van der Waals surface area contributed by atoms with Gasteiger partial charge in [-0.1, -0.05) is 327 Å². The summed E-state index contributed by atoms with van der Waals surface area (Å²) in [6.45, 7) is 4.87. The summed E-state index contributed by atoms with van der Waals surface area (Å²) in [5.41, 5.74) is 0. The van der Waals surface area contributed by atoms with E-state index in [2.05, 4.69) is 31.3 Å². The molecule has 0 aromatic heterocycles. The molecule has 0 aliphatic rings. The van der Waals surface area contributed by atoms with Crippen LogP contribution in [0.25, 0.3) is 0 Å². The van der Waals surface area contributed by atoms with Crippen LogP contribution in [0.1, 0.15) is 354 Å². The third kappa shape index (κ3) is 62.4. The minimum atomic E-state index is -4.35. The lowest BCUT2D eigenvalue weighted by atomic mass is 10.0. The molecular formula is C68H136N2O6P+. The van der Waals surface area contributed by atoms with Gasteiger partial charge in [0.2, 0.25) is 5.91 Å². The van der Waals surface area contributed by atoms with E-state index in [0.717, 1.165) is 38.5 Å². The van der Waals surface area contributed by atoms with E-state index in [9.17, 15) is 19.4 Å². The Balaban J connectivity index is 3.89. The van der Waals surface area contributed by atoms with Crippen LogP contribution in [-0.4, -0.2) is 73.4 Å². The van der Waals surface area contributed by atoms with Crippen LogP contribution in [0.15, 0.2) is 24.3 Å². The van der Waals surface area contributed by atoms with Crippen molar-refractivity contribution in [3.63, 3.8) is 0 Å². The molecule has 0 saturated carbocycles. The maximum Gasteiger partial charge on any atom is 0.472 e. The van der Waals surface area contributed by atoms with E-state index in [4.69, 9.17) is 9.05 Å². The van der Waals surface area contributed by atoms with Crippen molar-refractivity contribution in [3.05, 3.63) is 24.3 Å². The molecule has 0 aromatic carbocycles. The van der Waals surface area contributed by atoms with E-state index < -0.39 is 20.0 Å². The quantitative estimate of drug-likeness (QED) is 0.0243. The van der Waals surface area contributed by atoms with Gasteiger partial charge < -0.3 is 19.8 Å². The number of hydrogen-bond donors (Lipinski definition) is 3. The molecule has 0 rings (SSSR count). The Morgan fingerprint density at radius 1 is 0.429 bits per heavy atom. The molecule has 0 saturated heterocycles. The van der Waals surface area contributed by atoms with Crippen LogP contribution in [0.5, 0.6) is 0 Å². The van der Waals surface area contributed by atoms with E-state index in [-0.39, 0.29) is 19.1 Å². The molecule has 3 unspecified atom stereocenters. The lowest BCUT2D eigenvalue weighted by Crippen LogP contribution is -2.45. The van der Waals surface area contributed by atoms with E-state index in [1.165, 1.54) is 295 Å². The highest BCUT2D eigenvalue weighted by molar-refractivity contribution is 7.47. The second-order valence-corrected chi connectivity index (χ2v) is 26.4. The average molecular weight is 1110 g/mol. The summed E-state index contributed by atoms with van der Waals surface area (Å²) in [5, 5.41) is 14.0. The van der Waals surface area contributed by atoms with Crippen molar-refractivity contribution in [2.75, 3.05) is 40.9 Å². The van der Waals surface area contributed by atoms with Gasteiger partial charge in [-0.2, -0.15) is 0 Å². The number of likely N-dealkylation sites (N-methyl/N-ethyl adjacent to an activating group) is 1. The number of carbonyl (C=O) groups is 1. The molecule has 0 aliphatic heterocycles. The normalized spacial score (nSPS) is 13.8. The summed E-state index contributed by atoms with van der Waals surface area (Å²) in [7, 11) is 1.59. The molecule has 0 radical (unpaired) electrons. The molecule has 0 spiro atoms. The number of rotatable bonds is 64. The zero-order chi connectivity index (χ0) is 56.3. The molecule has 458 valence electrons. The fraction of sp³-hybridized carbons (Fsp3) is 0.926. The van der Waals surface area contributed by atoms with Crippen molar-refractivity contribution >= 4 is 13.7 Å². The van der Waals surface area contributed by atoms with Crippen LogP contribution in [0.4, 0.5) is 0 Å². The highest BCUT2D eigenvalue weighted by Crippen LogP contribution is 2.43. The fourth-order valence-corrected chi connectivity index (χ4v) is 11.3. The van der Waals surface area contributed by atoms with Crippen LogP contribution in [0, 0.1) is 0 Å². The number of phosphoric acid groups is 1. The first-order valence-electron chi connectivity index (χ1n) is 34.2. The van der Waals surface area contributed by atoms with Gasteiger partial charge in [-0.15, -0.1) is 0 Å². The third-order valence-corrected chi connectivity index (χ3v) is 16.9. The lowest BCUT2D eigenvalue weighted by molar-refractivity contribution is -0.870. The molecule has 0 heterocycles. The summed E-state index contributed by atoms with van der Waals surface area (Å²) in [6.07, 6.45) is 77.6. The Kier molecular flexibility index (Phi) is 58.8. The van der Waals surface area contributed by atoms with Crippen LogP contribution < -0.4 is 5.32 Å². The Labute approximate surface area is 481 Å². The van der Waals surface area contributed by atoms with Crippen LogP contribution >= 0.6 is 7.82 Å². The zero-order valence-corrected chi connectivity index (χ0v) is 53.4. The number of amides is 1. The van der Waals surface area contributed by atoms with Gasteiger partial charge in [0.05, 0.1) is 39.9 Å². The molecule has 8 nitrogen and oxygen atoms in total. The first-order valence-corrected chi connectivity index (χ1v) is 35.7. The molecule has 0 fully saturated rings. The van der Waals surface area contributed by atoms with Gasteiger partial charge in [0, 0.05) is 6.42 Å². The Hall–Kier alpha value is -1.02. The molecule has 0 bridgehead atoms. The highest BCUT2D eigenvalue weighted by Gasteiger charge is 2.28. The summed E-state index contributed by atoms with van der Waals surface area (Å²) < 4.78 is 23.8. The van der Waals surface area contributed by atoms with Gasteiger partial charge >= 0.3 is 7.82 Å². The number of nitrogens with one attached hydrogen (secondary N) is 1. The van der Waals surface area contributed by atoms with Crippen LogP contribution in [-0.2, 0) is 18.4 Å². The number of aliphatic hydroxyl groups is 1. The largest absolute Gasteiger partial charge is 0.472 e. The smallest absolute Gasteiger partial charge is 0.387 e. The minimum absolute atomic E-state index is 0.0640. The number of carbonyl (C=O) groups excluding carboxylic acids is 1. The first kappa shape index (κ1) is 76.0. The molecule has 77 heavy (non-hydrogen) atoms. The number of phosphoric ester groups is 1. The maximum atomic E-state index is 13.0. The summed E-state index contributed by atoms with van der Waals surface area (Å²) in [6, 6.07) is -0.844. The third-order valence-electron chi connectivity index (χ3n) is 15.9. The van der Waals surface area contributed by atoms with Gasteiger partial charge in [-0.3, -0.25) is 13.8 Å². The van der Waals surface area contributed by atoms with Gasteiger partial charge in [-0.05, 0) is 44.9 Å². The summed E-state index contributed by atoms with van der Waals surface area (Å²) in [5.74, 6) is -0.170. The minimum Gasteiger partial charge on any atom is -0.387 e. The molecular weight excluding hydrogens is 972 g/mol. The van der Waals surface area contributed by atoms with Crippen molar-refractivity contribution in [2.24, 2.45) is 0 Å². The topological polar surface area (TPSA) is 105 Å². The van der Waals surface area contributed by atoms with Gasteiger partial charge in [0.1, 0.15) is 13.2 Å². The standard InChI is InChI=1S/C68H135N2O6P/c1-6-8-10-12-14-16-18-20-22-24-25-26-27-28-29-30-31-32-33-34-35-36-37-38-39-40-41-42-43-44-45-46-48-50-52-54-56-58-60-62-68(72)69-66(65-76-77(73,74)75-64-63-70(3,4)5)67(71)61-59-57-55-53-51-49-47-23-21-19-17-15-13-11-9-7-2/h34-35,59,61,66-67,71H,6-33,36-58,60,62-65H2,1-5H3,(H-,69,72,73,74)/p+1/b35-34-,61-59+. The van der Waals surface area contributed by atoms with E-state index in [1.54, 1.807) is 6.08 Å². The zero-order valence-electron chi connectivity index (χ0n) is 52.5. The van der Waals surface area contributed by atoms with E-state index >= 15 is 0 Å². The van der Waals surface area contributed by atoms with Crippen molar-refractivity contribution < 1.29 is 32.9 Å². The SMILES string of the molecule is CCCCCCCCCCCCCCCC/C=C/C(O)C(COP(=O)(O)OCC[N+](C)(C)C)NC(=O)CCCCCCCCCCCCCCCCCCC/C=C\CCCCCCCCCCCCCCCCCCCC. The van der Waals surface area contributed by atoms with Crippen LogP contribution in [0.3, 0.4) is 0 Å². The average Bonchev–Trinajstić information content (AvgIpc) is 3.39. The molecule has 3 atom stereocenters.